The Balaban J connectivity index is 1.72. The largest absolute Gasteiger partial charge is 0.469 e. The number of halogens is 6. The second-order valence-electron chi connectivity index (χ2n) is 6.67. The zero-order valence-corrected chi connectivity index (χ0v) is 15.5. The third-order valence-electron chi connectivity index (χ3n) is 4.47. The van der Waals surface area contributed by atoms with Crippen LogP contribution in [0.15, 0.2) is 30.6 Å². The Morgan fingerprint density at radius 2 is 1.73 bits per heavy atom. The van der Waals surface area contributed by atoms with Crippen molar-refractivity contribution < 1.29 is 35.9 Å². The third kappa shape index (κ3) is 4.99. The summed E-state index contributed by atoms with van der Waals surface area (Å²) in [6.45, 7) is 1.54. The van der Waals surface area contributed by atoms with Gasteiger partial charge in [0, 0.05) is 31.4 Å². The highest BCUT2D eigenvalue weighted by molar-refractivity contribution is 5.73. The van der Waals surface area contributed by atoms with Gasteiger partial charge in [-0.05, 0) is 18.2 Å². The van der Waals surface area contributed by atoms with Crippen molar-refractivity contribution in [3.05, 3.63) is 41.7 Å². The lowest BCUT2D eigenvalue weighted by Crippen LogP contribution is -2.50. The predicted octanol–water partition coefficient (Wildman–Crippen LogP) is 3.56. The topological polar surface area (TPSA) is 60.2 Å². The van der Waals surface area contributed by atoms with E-state index >= 15 is 0 Å². The summed E-state index contributed by atoms with van der Waals surface area (Å²) in [5, 5.41) is 3.92. The van der Waals surface area contributed by atoms with Crippen molar-refractivity contribution >= 4 is 12.2 Å². The number of methoxy groups -OCH3 is 1. The minimum atomic E-state index is -4.95. The maximum Gasteiger partial charge on any atom is 0.416 e. The highest BCUT2D eigenvalue weighted by Crippen LogP contribution is 2.38. The van der Waals surface area contributed by atoms with Gasteiger partial charge in [0.2, 0.25) is 0 Å². The van der Waals surface area contributed by atoms with Gasteiger partial charge in [-0.3, -0.25) is 9.69 Å². The molecule has 30 heavy (non-hydrogen) atoms. The van der Waals surface area contributed by atoms with Gasteiger partial charge in [-0.2, -0.15) is 26.3 Å². The fourth-order valence-electron chi connectivity index (χ4n) is 2.90. The fourth-order valence-corrected chi connectivity index (χ4v) is 2.90. The number of nitrogens with zero attached hydrogens (tertiary/aromatic N) is 4. The van der Waals surface area contributed by atoms with Crippen molar-refractivity contribution in [2.45, 2.75) is 12.4 Å². The Labute approximate surface area is 166 Å². The number of carbonyl (C=O) groups excluding carboxylic acids is 1. The smallest absolute Gasteiger partial charge is 0.416 e. The average molecular weight is 434 g/mol. The van der Waals surface area contributed by atoms with Crippen LogP contribution in [0.4, 0.5) is 26.3 Å². The molecule has 1 aromatic carbocycles. The molecule has 2 aromatic rings. The Hall–Kier alpha value is -2.89. The van der Waals surface area contributed by atoms with Gasteiger partial charge < -0.3 is 4.74 Å². The zero-order chi connectivity index (χ0) is 22.1. The molecule has 3 rings (SSSR count). The van der Waals surface area contributed by atoms with Crippen LogP contribution in [0, 0.1) is 5.92 Å². The van der Waals surface area contributed by atoms with Crippen molar-refractivity contribution in [1.82, 2.24) is 19.7 Å². The van der Waals surface area contributed by atoms with Crippen molar-refractivity contribution in [2.75, 3.05) is 26.7 Å². The standard InChI is InChI=1S/C18H16F6N4O2/c1-30-16(29)12-8-27(9-12)3-2-4-28-10-25-15(26-28)11-5-13(17(19,20)21)7-14(6-11)18(22,23)24/h2,4-7,10,12H,3,8-9H2,1H3. The van der Waals surface area contributed by atoms with Crippen LogP contribution in [0.1, 0.15) is 11.1 Å². The van der Waals surface area contributed by atoms with Crippen molar-refractivity contribution in [2.24, 2.45) is 5.92 Å². The Morgan fingerprint density at radius 3 is 2.27 bits per heavy atom. The predicted molar refractivity (Wildman–Crippen MR) is 92.7 cm³/mol. The van der Waals surface area contributed by atoms with E-state index in [-0.39, 0.29) is 23.8 Å². The first kappa shape index (κ1) is 21.8. The molecule has 0 radical (unpaired) electrons. The molecule has 0 amide bonds. The summed E-state index contributed by atoms with van der Waals surface area (Å²) in [7, 11) is 1.31. The van der Waals surface area contributed by atoms with Crippen LogP contribution in [0.25, 0.3) is 17.6 Å². The number of benzene rings is 1. The maximum absolute atomic E-state index is 13.0. The summed E-state index contributed by atoms with van der Waals surface area (Å²) in [4.78, 5) is 17.1. The first-order chi connectivity index (χ1) is 14.0. The lowest BCUT2D eigenvalue weighted by molar-refractivity contribution is -0.151. The van der Waals surface area contributed by atoms with Crippen LogP contribution >= 0.6 is 0 Å². The highest BCUT2D eigenvalue weighted by atomic mass is 19.4. The van der Waals surface area contributed by atoms with E-state index in [4.69, 9.17) is 0 Å². The quantitative estimate of drug-likeness (QED) is 0.532. The number of hydrogen-bond donors (Lipinski definition) is 0. The Kier molecular flexibility index (Phi) is 5.88. The lowest BCUT2D eigenvalue weighted by Gasteiger charge is -2.36. The molecule has 1 aliphatic rings. The maximum atomic E-state index is 13.0. The van der Waals surface area contributed by atoms with Crippen LogP contribution < -0.4 is 0 Å². The number of esters is 1. The van der Waals surface area contributed by atoms with Crippen LogP contribution in [0.3, 0.4) is 0 Å². The van der Waals surface area contributed by atoms with Crippen LogP contribution in [0.5, 0.6) is 0 Å². The van der Waals surface area contributed by atoms with E-state index in [1.165, 1.54) is 24.3 Å². The molecule has 0 atom stereocenters. The van der Waals surface area contributed by atoms with Crippen molar-refractivity contribution in [1.29, 1.82) is 0 Å². The summed E-state index contributed by atoms with van der Waals surface area (Å²) in [5.74, 6) is -0.730. The molecule has 2 heterocycles. The molecule has 1 fully saturated rings. The molecule has 6 nitrogen and oxygen atoms in total. The van der Waals surface area contributed by atoms with Gasteiger partial charge in [-0.15, -0.1) is 5.10 Å². The van der Waals surface area contributed by atoms with Crippen LogP contribution in [-0.2, 0) is 21.9 Å². The molecule has 0 bridgehead atoms. The van der Waals surface area contributed by atoms with E-state index in [0.717, 1.165) is 0 Å². The Morgan fingerprint density at radius 1 is 1.13 bits per heavy atom. The molecule has 1 aromatic heterocycles. The van der Waals surface area contributed by atoms with Crippen LogP contribution in [-0.4, -0.2) is 52.4 Å². The summed E-state index contributed by atoms with van der Waals surface area (Å²) in [6.07, 6.45) is -5.57. The molecule has 1 saturated heterocycles. The second-order valence-corrected chi connectivity index (χ2v) is 6.67. The fraction of sp³-hybridized carbons (Fsp3) is 0.389. The van der Waals surface area contributed by atoms with E-state index in [2.05, 4.69) is 14.8 Å². The molecule has 1 aliphatic heterocycles. The first-order valence-corrected chi connectivity index (χ1v) is 8.65. The number of alkyl halides is 6. The van der Waals surface area contributed by atoms with E-state index < -0.39 is 29.0 Å². The van der Waals surface area contributed by atoms with Gasteiger partial charge in [0.1, 0.15) is 6.33 Å². The highest BCUT2D eigenvalue weighted by Gasteiger charge is 2.37. The molecular formula is C18H16F6N4O2. The summed E-state index contributed by atoms with van der Waals surface area (Å²) in [5.41, 5.74) is -3.26. The second kappa shape index (κ2) is 8.09. The molecule has 162 valence electrons. The number of hydrogen-bond acceptors (Lipinski definition) is 5. The van der Waals surface area contributed by atoms with Crippen molar-refractivity contribution in [3.63, 3.8) is 0 Å². The van der Waals surface area contributed by atoms with E-state index in [9.17, 15) is 31.1 Å². The van der Waals surface area contributed by atoms with Gasteiger partial charge in [0.25, 0.3) is 0 Å². The van der Waals surface area contributed by atoms with E-state index in [1.807, 2.05) is 4.90 Å². The van der Waals surface area contributed by atoms with Crippen LogP contribution in [0.2, 0.25) is 0 Å². The summed E-state index contributed by atoms with van der Waals surface area (Å²) < 4.78 is 83.7. The molecule has 0 saturated carbocycles. The van der Waals surface area contributed by atoms with Gasteiger partial charge in [0.05, 0.1) is 24.2 Å². The lowest BCUT2D eigenvalue weighted by atomic mass is 10.0. The van der Waals surface area contributed by atoms with E-state index in [1.54, 1.807) is 6.08 Å². The normalized spacial score (nSPS) is 16.1. The molecule has 0 N–H and O–H groups in total. The molecule has 0 spiro atoms. The number of likely N-dealkylation sites (tertiary alicyclic amines) is 1. The third-order valence-corrected chi connectivity index (χ3v) is 4.47. The number of carbonyl (C=O) groups is 1. The molecule has 0 aliphatic carbocycles. The summed E-state index contributed by atoms with van der Waals surface area (Å²) in [6, 6.07) is 1.20. The first-order valence-electron chi connectivity index (χ1n) is 8.65. The zero-order valence-electron chi connectivity index (χ0n) is 15.5. The molecule has 0 unspecified atom stereocenters. The molecular weight excluding hydrogens is 418 g/mol. The van der Waals surface area contributed by atoms with Gasteiger partial charge in [-0.1, -0.05) is 6.08 Å². The number of rotatable bonds is 5. The molecule has 12 heteroatoms. The average Bonchev–Trinajstić information content (AvgIpc) is 3.10. The number of aromatic nitrogens is 3. The van der Waals surface area contributed by atoms with Gasteiger partial charge >= 0.3 is 18.3 Å². The minimum absolute atomic E-state index is 0.0506. The van der Waals surface area contributed by atoms with Gasteiger partial charge in [-0.25, -0.2) is 9.67 Å². The van der Waals surface area contributed by atoms with Gasteiger partial charge in [0.15, 0.2) is 5.82 Å². The number of ether oxygens (including phenoxy) is 1. The summed E-state index contributed by atoms with van der Waals surface area (Å²) >= 11 is 0. The Bertz CT molecular complexity index is 913. The minimum Gasteiger partial charge on any atom is -0.469 e. The SMILES string of the molecule is COC(=O)C1CN(CC=Cn2cnc(-c3cc(C(F)(F)F)cc(C(F)(F)F)c3)n2)C1. The van der Waals surface area contributed by atoms with E-state index in [0.29, 0.717) is 31.8 Å². The van der Waals surface area contributed by atoms with Crippen molar-refractivity contribution in [3.8, 4) is 11.4 Å². The monoisotopic (exact) mass is 434 g/mol.